The lowest BCUT2D eigenvalue weighted by Crippen LogP contribution is -2.34. The van der Waals surface area contributed by atoms with Gasteiger partial charge in [0.25, 0.3) is 0 Å². The molecule has 18 heavy (non-hydrogen) atoms. The van der Waals surface area contributed by atoms with E-state index < -0.39 is 0 Å². The van der Waals surface area contributed by atoms with E-state index in [1.807, 2.05) is 14.1 Å². The van der Waals surface area contributed by atoms with Crippen molar-refractivity contribution in [3.8, 4) is 0 Å². The normalized spacial score (nSPS) is 15.0. The molecule has 0 bridgehead atoms. The van der Waals surface area contributed by atoms with E-state index in [1.54, 1.807) is 7.05 Å². The quantitative estimate of drug-likeness (QED) is 0.715. The lowest BCUT2D eigenvalue weighted by atomic mass is 10.3. The Labute approximate surface area is 114 Å². The average Bonchev–Trinajstić information content (AvgIpc) is 2.16. The van der Waals surface area contributed by atoms with Crippen molar-refractivity contribution in [1.29, 1.82) is 0 Å². The van der Waals surface area contributed by atoms with Crippen LogP contribution in [0.4, 0.5) is 0 Å². The van der Waals surface area contributed by atoms with Crippen LogP contribution in [0.1, 0.15) is 13.8 Å². The van der Waals surface area contributed by atoms with Crippen molar-refractivity contribution in [2.24, 2.45) is 0 Å². The summed E-state index contributed by atoms with van der Waals surface area (Å²) in [5.74, 6) is 0. The highest BCUT2D eigenvalue weighted by Gasteiger charge is 2.05. The summed E-state index contributed by atoms with van der Waals surface area (Å²) in [5.41, 5.74) is 0. The number of likely N-dealkylation sites (N-methyl/N-ethyl adjacent to an activating group) is 4. The number of hydrogen-bond acceptors (Lipinski definition) is 5. The Morgan fingerprint density at radius 1 is 0.722 bits per heavy atom. The lowest BCUT2D eigenvalue weighted by molar-refractivity contribution is -0.0767. The summed E-state index contributed by atoms with van der Waals surface area (Å²) < 4.78 is 0. The molecular weight excluding hydrogens is 228 g/mol. The highest BCUT2D eigenvalue weighted by Crippen LogP contribution is 1.92. The van der Waals surface area contributed by atoms with Gasteiger partial charge in [-0.1, -0.05) is 0 Å². The van der Waals surface area contributed by atoms with Crippen molar-refractivity contribution in [3.05, 3.63) is 0 Å². The van der Waals surface area contributed by atoms with Crippen molar-refractivity contribution < 1.29 is 5.21 Å². The zero-order chi connectivity index (χ0) is 14.9. The predicted molar refractivity (Wildman–Crippen MR) is 79.3 cm³/mol. The van der Waals surface area contributed by atoms with E-state index in [4.69, 9.17) is 5.21 Å². The standard InChI is InChI=1S/C7H18N2.C6H16N2O/c1-7(9(4)5)6-8(2)3;1-6(7(2)3)5-8(4)9/h7H,6H2,1-5H3;6,9H,5H2,1-4H3. The largest absolute Gasteiger partial charge is 0.314 e. The van der Waals surface area contributed by atoms with E-state index in [1.165, 1.54) is 5.06 Å². The SMILES string of the molecule is CC(CN(C)C)N(C)C.CC(CN(C)O)N(C)C. The smallest absolute Gasteiger partial charge is 0.0388 e. The second-order valence-corrected chi connectivity index (χ2v) is 5.73. The third kappa shape index (κ3) is 13.9. The van der Waals surface area contributed by atoms with Crippen LogP contribution in [-0.4, -0.2) is 99.5 Å². The van der Waals surface area contributed by atoms with Crippen molar-refractivity contribution in [2.45, 2.75) is 25.9 Å². The van der Waals surface area contributed by atoms with E-state index in [0.29, 0.717) is 18.6 Å². The number of hydroxylamine groups is 2. The minimum Gasteiger partial charge on any atom is -0.314 e. The second kappa shape index (κ2) is 10.7. The Morgan fingerprint density at radius 3 is 1.17 bits per heavy atom. The molecule has 112 valence electrons. The fraction of sp³-hybridized carbons (Fsp3) is 1.00. The molecule has 0 saturated carbocycles. The Kier molecular flexibility index (Phi) is 12.0. The minimum absolute atomic E-state index is 0.403. The number of hydrogen-bond donors (Lipinski definition) is 1. The summed E-state index contributed by atoms with van der Waals surface area (Å²) in [6, 6.07) is 1.06. The second-order valence-electron chi connectivity index (χ2n) is 5.73. The van der Waals surface area contributed by atoms with Gasteiger partial charge in [-0.25, -0.2) is 0 Å². The molecule has 5 heteroatoms. The third-order valence-corrected chi connectivity index (χ3v) is 2.92. The van der Waals surface area contributed by atoms with Crippen LogP contribution >= 0.6 is 0 Å². The van der Waals surface area contributed by atoms with Crippen LogP contribution in [-0.2, 0) is 0 Å². The molecule has 2 unspecified atom stereocenters. The zero-order valence-electron chi connectivity index (χ0n) is 13.8. The molecule has 0 aromatic carbocycles. The summed E-state index contributed by atoms with van der Waals surface area (Å²) in [4.78, 5) is 6.48. The fourth-order valence-electron chi connectivity index (χ4n) is 1.24. The molecule has 0 aromatic rings. The highest BCUT2D eigenvalue weighted by molar-refractivity contribution is 4.61. The van der Waals surface area contributed by atoms with Gasteiger partial charge in [0.2, 0.25) is 0 Å². The maximum atomic E-state index is 8.78. The molecule has 0 aromatic heterocycles. The molecule has 0 rings (SSSR count). The number of rotatable bonds is 6. The van der Waals surface area contributed by atoms with Crippen LogP contribution in [0.25, 0.3) is 0 Å². The molecule has 0 heterocycles. The first-order valence-corrected chi connectivity index (χ1v) is 6.45. The van der Waals surface area contributed by atoms with Crippen LogP contribution in [0.3, 0.4) is 0 Å². The number of nitrogens with zero attached hydrogens (tertiary/aromatic N) is 4. The molecule has 0 radical (unpaired) electrons. The molecule has 2 atom stereocenters. The molecule has 0 saturated heterocycles. The monoisotopic (exact) mass is 262 g/mol. The Morgan fingerprint density at radius 2 is 1.06 bits per heavy atom. The van der Waals surface area contributed by atoms with Crippen LogP contribution in [0.5, 0.6) is 0 Å². The molecule has 1 N–H and O–H groups in total. The van der Waals surface area contributed by atoms with Gasteiger partial charge < -0.3 is 19.9 Å². The van der Waals surface area contributed by atoms with Crippen LogP contribution in [0, 0.1) is 0 Å². The van der Waals surface area contributed by atoms with Crippen molar-refractivity contribution in [1.82, 2.24) is 19.8 Å². The predicted octanol–water partition coefficient (Wildman–Crippen LogP) is 0.756. The summed E-state index contributed by atoms with van der Waals surface area (Å²) in [6.07, 6.45) is 0. The van der Waals surface area contributed by atoms with Crippen LogP contribution in [0.15, 0.2) is 0 Å². The maximum Gasteiger partial charge on any atom is 0.0388 e. The van der Waals surface area contributed by atoms with E-state index in [0.717, 1.165) is 6.54 Å². The van der Waals surface area contributed by atoms with Gasteiger partial charge in [0, 0.05) is 32.2 Å². The molecule has 0 fully saturated rings. The summed E-state index contributed by atoms with van der Waals surface area (Å²) in [6.45, 7) is 6.10. The molecular formula is C13H34N4O. The summed E-state index contributed by atoms with van der Waals surface area (Å²) in [5, 5.41) is 9.98. The maximum absolute atomic E-state index is 8.78. The van der Waals surface area contributed by atoms with Gasteiger partial charge in [-0.15, -0.1) is 0 Å². The first-order chi connectivity index (χ1) is 8.07. The van der Waals surface area contributed by atoms with E-state index >= 15 is 0 Å². The van der Waals surface area contributed by atoms with E-state index in [2.05, 4.69) is 56.7 Å². The Balaban J connectivity index is 0. The topological polar surface area (TPSA) is 33.2 Å². The van der Waals surface area contributed by atoms with Gasteiger partial charge >= 0.3 is 0 Å². The Bertz CT molecular complexity index is 164. The third-order valence-electron chi connectivity index (χ3n) is 2.92. The Hall–Kier alpha value is -0.200. The minimum atomic E-state index is 0.403. The zero-order valence-corrected chi connectivity index (χ0v) is 13.8. The van der Waals surface area contributed by atoms with Gasteiger partial charge in [0.1, 0.15) is 0 Å². The first kappa shape index (κ1) is 20.1. The molecule has 0 spiro atoms. The molecule has 0 aliphatic rings. The van der Waals surface area contributed by atoms with Gasteiger partial charge in [0.05, 0.1) is 0 Å². The fourth-order valence-corrected chi connectivity index (χ4v) is 1.24. The van der Waals surface area contributed by atoms with Crippen molar-refractivity contribution >= 4 is 0 Å². The van der Waals surface area contributed by atoms with Gasteiger partial charge in [-0.3, -0.25) is 0 Å². The molecule has 0 aliphatic heterocycles. The van der Waals surface area contributed by atoms with Crippen LogP contribution < -0.4 is 0 Å². The van der Waals surface area contributed by atoms with Crippen molar-refractivity contribution in [2.75, 3.05) is 62.4 Å². The van der Waals surface area contributed by atoms with Gasteiger partial charge in [0.15, 0.2) is 0 Å². The summed E-state index contributed by atoms with van der Waals surface area (Å²) in [7, 11) is 14.0. The van der Waals surface area contributed by atoms with Crippen LogP contribution in [0.2, 0.25) is 0 Å². The summed E-state index contributed by atoms with van der Waals surface area (Å²) >= 11 is 0. The van der Waals surface area contributed by atoms with Gasteiger partial charge in [-0.05, 0) is 56.1 Å². The van der Waals surface area contributed by atoms with Crippen molar-refractivity contribution in [3.63, 3.8) is 0 Å². The molecule has 0 aliphatic carbocycles. The first-order valence-electron chi connectivity index (χ1n) is 6.45. The highest BCUT2D eigenvalue weighted by atomic mass is 16.5. The van der Waals surface area contributed by atoms with E-state index in [9.17, 15) is 0 Å². The van der Waals surface area contributed by atoms with E-state index in [-0.39, 0.29) is 0 Å². The average molecular weight is 262 g/mol. The van der Waals surface area contributed by atoms with Gasteiger partial charge in [-0.2, -0.15) is 5.06 Å². The molecule has 5 nitrogen and oxygen atoms in total. The lowest BCUT2D eigenvalue weighted by Gasteiger charge is -2.22. The molecule has 0 amide bonds.